The maximum atomic E-state index is 4.05. The third kappa shape index (κ3) is 0.909. The molecule has 0 unspecified atom stereocenters. The van der Waals surface area contributed by atoms with Crippen LogP contribution in [0.2, 0.25) is 0 Å². The highest BCUT2D eigenvalue weighted by Crippen LogP contribution is 2.15. The van der Waals surface area contributed by atoms with E-state index in [4.69, 9.17) is 0 Å². The van der Waals surface area contributed by atoms with Crippen LogP contribution in [0.15, 0.2) is 24.7 Å². The van der Waals surface area contributed by atoms with Gasteiger partial charge in [-0.25, -0.2) is 0 Å². The molecule has 0 aromatic carbocycles. The van der Waals surface area contributed by atoms with Gasteiger partial charge in [0.1, 0.15) is 0 Å². The molecule has 0 atom stereocenters. The predicted octanol–water partition coefficient (Wildman–Crippen LogP) is 1.94. The Hall–Kier alpha value is -1.31. The summed E-state index contributed by atoms with van der Waals surface area (Å²) < 4.78 is 0. The quantitative estimate of drug-likeness (QED) is 0.652. The van der Waals surface area contributed by atoms with E-state index < -0.39 is 0 Å². The van der Waals surface area contributed by atoms with E-state index in [1.54, 1.807) is 6.20 Å². The zero-order valence-electron chi connectivity index (χ0n) is 6.17. The molecule has 0 aliphatic heterocycles. The fourth-order valence-electron chi connectivity index (χ4n) is 1.23. The van der Waals surface area contributed by atoms with Crippen LogP contribution in [-0.4, -0.2) is 9.97 Å². The fraction of sp³-hybridized carbons (Fsp3) is 0.111. The van der Waals surface area contributed by atoms with E-state index in [0.29, 0.717) is 0 Å². The van der Waals surface area contributed by atoms with Crippen LogP contribution in [0.25, 0.3) is 10.9 Å². The summed E-state index contributed by atoms with van der Waals surface area (Å²) >= 11 is 0. The third-order valence-electron chi connectivity index (χ3n) is 1.84. The summed E-state index contributed by atoms with van der Waals surface area (Å²) in [5, 5.41) is 1.18. The lowest BCUT2D eigenvalue weighted by molar-refractivity contribution is 1.28. The van der Waals surface area contributed by atoms with Crippen LogP contribution in [0.5, 0.6) is 0 Å². The van der Waals surface area contributed by atoms with Crippen molar-refractivity contribution in [3.63, 3.8) is 0 Å². The van der Waals surface area contributed by atoms with Crippen molar-refractivity contribution in [3.05, 3.63) is 37.1 Å². The monoisotopic (exact) mass is 145 g/mol. The van der Waals surface area contributed by atoms with Gasteiger partial charge in [0, 0.05) is 29.5 Å². The first kappa shape index (κ1) is 6.40. The number of nitrogens with zero attached hydrogens (tertiary/aromatic N) is 1. The van der Waals surface area contributed by atoms with Gasteiger partial charge in [-0.15, -0.1) is 0 Å². The van der Waals surface area contributed by atoms with Crippen LogP contribution in [0, 0.1) is 6.92 Å². The van der Waals surface area contributed by atoms with E-state index in [1.807, 2.05) is 18.5 Å². The Labute approximate surface area is 65.3 Å². The Balaban J connectivity index is 2.76. The normalized spacial score (nSPS) is 10.6. The van der Waals surface area contributed by atoms with Gasteiger partial charge in [0.05, 0.1) is 0 Å². The Morgan fingerprint density at radius 1 is 1.55 bits per heavy atom. The Bertz CT molecular complexity index is 362. The summed E-state index contributed by atoms with van der Waals surface area (Å²) in [6.45, 7) is 3.83. The van der Waals surface area contributed by atoms with Gasteiger partial charge in [0.15, 0.2) is 0 Å². The number of rotatable bonds is 1. The lowest BCUT2D eigenvalue weighted by Crippen LogP contribution is -1.75. The topological polar surface area (TPSA) is 28.7 Å². The summed E-state index contributed by atoms with van der Waals surface area (Å²) in [6, 6.07) is 1.97. The summed E-state index contributed by atoms with van der Waals surface area (Å²) in [4.78, 5) is 7.20. The number of hydrogen-bond donors (Lipinski definition) is 1. The second kappa shape index (κ2) is 2.38. The molecule has 2 heteroatoms. The maximum Gasteiger partial charge on any atom is 0.0487 e. The van der Waals surface area contributed by atoms with E-state index >= 15 is 0 Å². The lowest BCUT2D eigenvalue weighted by Gasteiger charge is -1.89. The van der Waals surface area contributed by atoms with Crippen LogP contribution in [0.3, 0.4) is 0 Å². The van der Waals surface area contributed by atoms with Crippen molar-refractivity contribution < 1.29 is 0 Å². The van der Waals surface area contributed by atoms with Crippen molar-refractivity contribution in [1.82, 2.24) is 9.97 Å². The predicted molar refractivity (Wildman–Crippen MR) is 45.2 cm³/mol. The van der Waals surface area contributed by atoms with Crippen molar-refractivity contribution >= 4 is 10.9 Å². The Morgan fingerprint density at radius 3 is 3.27 bits per heavy atom. The molecule has 0 saturated heterocycles. The summed E-state index contributed by atoms with van der Waals surface area (Å²) in [6.07, 6.45) is 6.45. The van der Waals surface area contributed by atoms with Crippen LogP contribution in [0.1, 0.15) is 5.56 Å². The van der Waals surface area contributed by atoms with Crippen LogP contribution >= 0.6 is 0 Å². The molecule has 0 aliphatic rings. The van der Waals surface area contributed by atoms with Crippen molar-refractivity contribution in [3.8, 4) is 0 Å². The number of aromatic amines is 1. The second-order valence-electron chi connectivity index (χ2n) is 2.49. The van der Waals surface area contributed by atoms with Gasteiger partial charge in [-0.3, -0.25) is 4.98 Å². The number of pyridine rings is 1. The molecule has 11 heavy (non-hydrogen) atoms. The Morgan fingerprint density at radius 2 is 2.45 bits per heavy atom. The average molecular weight is 145 g/mol. The third-order valence-corrected chi connectivity index (χ3v) is 1.84. The molecule has 1 N–H and O–H groups in total. The molecule has 2 aromatic heterocycles. The first-order valence-electron chi connectivity index (χ1n) is 3.61. The molecule has 0 amide bonds. The standard InChI is InChI=1S/C9H9N2/c1-2-7-5-11-9-3-4-10-6-8(7)9/h3-6,11H,1-2H2. The second-order valence-corrected chi connectivity index (χ2v) is 2.49. The van der Waals surface area contributed by atoms with Crippen LogP contribution < -0.4 is 0 Å². The highest BCUT2D eigenvalue weighted by Gasteiger charge is 1.98. The minimum Gasteiger partial charge on any atom is -0.361 e. The van der Waals surface area contributed by atoms with Crippen molar-refractivity contribution in [2.24, 2.45) is 0 Å². The number of hydrogen-bond acceptors (Lipinski definition) is 1. The van der Waals surface area contributed by atoms with Crippen molar-refractivity contribution in [2.75, 3.05) is 0 Å². The minimum atomic E-state index is 0.811. The zero-order valence-corrected chi connectivity index (χ0v) is 6.17. The molecule has 2 rings (SSSR count). The molecule has 0 fully saturated rings. The van der Waals surface area contributed by atoms with E-state index in [0.717, 1.165) is 11.9 Å². The molecular weight excluding hydrogens is 136 g/mol. The zero-order chi connectivity index (χ0) is 7.68. The average Bonchev–Trinajstić information content (AvgIpc) is 2.47. The number of aromatic nitrogens is 2. The van der Waals surface area contributed by atoms with Gasteiger partial charge in [-0.2, -0.15) is 0 Å². The molecule has 0 bridgehead atoms. The van der Waals surface area contributed by atoms with Crippen molar-refractivity contribution in [2.45, 2.75) is 6.42 Å². The largest absolute Gasteiger partial charge is 0.361 e. The van der Waals surface area contributed by atoms with E-state index in [-0.39, 0.29) is 0 Å². The van der Waals surface area contributed by atoms with E-state index in [2.05, 4.69) is 16.9 Å². The molecule has 2 heterocycles. The smallest absolute Gasteiger partial charge is 0.0487 e. The van der Waals surface area contributed by atoms with Gasteiger partial charge < -0.3 is 4.98 Å². The van der Waals surface area contributed by atoms with Crippen LogP contribution in [-0.2, 0) is 6.42 Å². The molecule has 2 nitrogen and oxygen atoms in total. The van der Waals surface area contributed by atoms with Crippen LogP contribution in [0.4, 0.5) is 0 Å². The molecule has 0 aliphatic carbocycles. The first-order valence-corrected chi connectivity index (χ1v) is 3.61. The first-order chi connectivity index (χ1) is 5.42. The summed E-state index contributed by atoms with van der Waals surface area (Å²) in [7, 11) is 0. The number of H-pyrrole nitrogens is 1. The summed E-state index contributed by atoms with van der Waals surface area (Å²) in [5.41, 5.74) is 2.37. The highest BCUT2D eigenvalue weighted by molar-refractivity contribution is 5.81. The number of fused-ring (bicyclic) bond motifs is 1. The van der Waals surface area contributed by atoms with Gasteiger partial charge >= 0.3 is 0 Å². The molecule has 2 aromatic rings. The van der Waals surface area contributed by atoms with E-state index in [1.165, 1.54) is 10.9 Å². The minimum absolute atomic E-state index is 0.811. The molecule has 0 saturated carbocycles. The maximum absolute atomic E-state index is 4.05. The van der Waals surface area contributed by atoms with Gasteiger partial charge in [0.2, 0.25) is 0 Å². The van der Waals surface area contributed by atoms with E-state index in [9.17, 15) is 0 Å². The van der Waals surface area contributed by atoms with Gasteiger partial charge in [-0.05, 0) is 25.0 Å². The van der Waals surface area contributed by atoms with Gasteiger partial charge in [-0.1, -0.05) is 0 Å². The highest BCUT2D eigenvalue weighted by atomic mass is 14.7. The summed E-state index contributed by atoms with van der Waals surface area (Å²) in [5.74, 6) is 0. The van der Waals surface area contributed by atoms with Crippen molar-refractivity contribution in [1.29, 1.82) is 0 Å². The number of nitrogens with one attached hydrogen (secondary N) is 1. The molecule has 0 spiro atoms. The lowest BCUT2D eigenvalue weighted by atomic mass is 10.2. The SMILES string of the molecule is [CH2]Cc1c[nH]c2ccncc12. The molecular formula is C9H9N2. The Kier molecular flexibility index (Phi) is 1.39. The molecule has 1 radical (unpaired) electrons. The van der Waals surface area contributed by atoms with Gasteiger partial charge in [0.25, 0.3) is 0 Å². The fourth-order valence-corrected chi connectivity index (χ4v) is 1.23. The molecule has 55 valence electrons.